The summed E-state index contributed by atoms with van der Waals surface area (Å²) in [5.74, 6) is 0.953. The Morgan fingerprint density at radius 1 is 1.41 bits per heavy atom. The van der Waals surface area contributed by atoms with Crippen molar-refractivity contribution in [1.82, 2.24) is 5.32 Å². The average Bonchev–Trinajstić information content (AvgIpc) is 2.72. The predicted molar refractivity (Wildman–Crippen MR) is 70.2 cm³/mol. The molecule has 0 saturated heterocycles. The van der Waals surface area contributed by atoms with Gasteiger partial charge in [0.05, 0.1) is 7.11 Å². The zero-order chi connectivity index (χ0) is 12.3. The van der Waals surface area contributed by atoms with Gasteiger partial charge in [0.2, 0.25) is 0 Å². The van der Waals surface area contributed by atoms with Gasteiger partial charge in [-0.25, -0.2) is 0 Å². The van der Waals surface area contributed by atoms with E-state index < -0.39 is 0 Å². The summed E-state index contributed by atoms with van der Waals surface area (Å²) in [4.78, 5) is 0. The van der Waals surface area contributed by atoms with Crippen LogP contribution in [0.3, 0.4) is 0 Å². The molecule has 0 spiro atoms. The van der Waals surface area contributed by atoms with Crippen LogP contribution in [0.2, 0.25) is 0 Å². The first-order valence-electron chi connectivity index (χ1n) is 6.33. The van der Waals surface area contributed by atoms with E-state index in [1.165, 1.54) is 24.0 Å². The van der Waals surface area contributed by atoms with Crippen LogP contribution < -0.4 is 15.8 Å². The second-order valence-electron chi connectivity index (χ2n) is 4.90. The van der Waals surface area contributed by atoms with Crippen LogP contribution in [0.4, 0.5) is 0 Å². The third-order valence-electron chi connectivity index (χ3n) is 3.56. The Kier molecular flexibility index (Phi) is 4.02. The summed E-state index contributed by atoms with van der Waals surface area (Å²) in [6.07, 6.45) is 3.57. The molecule has 3 N–H and O–H groups in total. The first kappa shape index (κ1) is 12.4. The molecular formula is C14H22N2O. The van der Waals surface area contributed by atoms with Gasteiger partial charge in [-0.2, -0.15) is 0 Å². The molecule has 1 aromatic rings. The Hall–Kier alpha value is -1.06. The van der Waals surface area contributed by atoms with Gasteiger partial charge < -0.3 is 15.8 Å². The molecule has 1 saturated carbocycles. The Morgan fingerprint density at radius 3 is 2.88 bits per heavy atom. The third-order valence-corrected chi connectivity index (χ3v) is 3.56. The number of hydrogen-bond acceptors (Lipinski definition) is 3. The van der Waals surface area contributed by atoms with Crippen LogP contribution in [-0.4, -0.2) is 19.2 Å². The molecule has 1 aliphatic carbocycles. The number of nitrogens with two attached hydrogens (primary N) is 1. The van der Waals surface area contributed by atoms with Gasteiger partial charge in [-0.05, 0) is 25.8 Å². The molecule has 2 atom stereocenters. The van der Waals surface area contributed by atoms with Crippen molar-refractivity contribution in [2.75, 3.05) is 7.11 Å². The van der Waals surface area contributed by atoms with Gasteiger partial charge in [0, 0.05) is 24.2 Å². The lowest BCUT2D eigenvalue weighted by Gasteiger charge is -2.18. The zero-order valence-electron chi connectivity index (χ0n) is 10.7. The van der Waals surface area contributed by atoms with Gasteiger partial charge >= 0.3 is 0 Å². The molecule has 0 radical (unpaired) electrons. The average molecular weight is 234 g/mol. The van der Waals surface area contributed by atoms with Crippen molar-refractivity contribution < 1.29 is 4.74 Å². The summed E-state index contributed by atoms with van der Waals surface area (Å²) in [7, 11) is 1.72. The fourth-order valence-corrected chi connectivity index (χ4v) is 2.53. The van der Waals surface area contributed by atoms with E-state index >= 15 is 0 Å². The highest BCUT2D eigenvalue weighted by Gasteiger charge is 2.23. The molecule has 1 aliphatic rings. The van der Waals surface area contributed by atoms with Crippen LogP contribution in [0.5, 0.6) is 5.75 Å². The number of methoxy groups -OCH3 is 1. The first-order chi connectivity index (χ1) is 8.20. The summed E-state index contributed by atoms with van der Waals surface area (Å²) >= 11 is 0. The van der Waals surface area contributed by atoms with E-state index in [-0.39, 0.29) is 0 Å². The summed E-state index contributed by atoms with van der Waals surface area (Å²) in [5.41, 5.74) is 8.53. The molecule has 17 heavy (non-hydrogen) atoms. The minimum atomic E-state index is 0.311. The van der Waals surface area contributed by atoms with E-state index in [2.05, 4.69) is 24.4 Å². The number of rotatable bonds is 4. The third kappa shape index (κ3) is 2.99. The van der Waals surface area contributed by atoms with E-state index in [0.29, 0.717) is 12.1 Å². The van der Waals surface area contributed by atoms with Gasteiger partial charge in [0.25, 0.3) is 0 Å². The van der Waals surface area contributed by atoms with E-state index in [9.17, 15) is 0 Å². The molecular weight excluding hydrogens is 212 g/mol. The number of hydrogen-bond donors (Lipinski definition) is 2. The normalized spacial score (nSPS) is 23.9. The molecule has 0 amide bonds. The summed E-state index contributed by atoms with van der Waals surface area (Å²) in [5, 5.41) is 3.54. The molecule has 3 heteroatoms. The minimum absolute atomic E-state index is 0.311. The van der Waals surface area contributed by atoms with Crippen molar-refractivity contribution in [3.05, 3.63) is 29.3 Å². The number of aryl methyl sites for hydroxylation is 1. The molecule has 0 aliphatic heterocycles. The second-order valence-corrected chi connectivity index (χ2v) is 4.90. The number of ether oxygens (including phenoxy) is 1. The van der Waals surface area contributed by atoms with Gasteiger partial charge in [0.1, 0.15) is 5.75 Å². The molecule has 1 fully saturated rings. The Morgan fingerprint density at radius 2 is 2.24 bits per heavy atom. The van der Waals surface area contributed by atoms with Gasteiger partial charge in [-0.3, -0.25) is 0 Å². The summed E-state index contributed by atoms with van der Waals surface area (Å²) in [6, 6.07) is 7.04. The molecule has 0 bridgehead atoms. The van der Waals surface area contributed by atoms with E-state index in [1.54, 1.807) is 7.11 Å². The van der Waals surface area contributed by atoms with Crippen LogP contribution in [-0.2, 0) is 6.54 Å². The zero-order valence-corrected chi connectivity index (χ0v) is 10.7. The van der Waals surface area contributed by atoms with Crippen molar-refractivity contribution in [3.63, 3.8) is 0 Å². The van der Waals surface area contributed by atoms with Crippen molar-refractivity contribution in [3.8, 4) is 5.75 Å². The predicted octanol–water partition coefficient (Wildman–Crippen LogP) is 1.97. The van der Waals surface area contributed by atoms with Crippen molar-refractivity contribution in [1.29, 1.82) is 0 Å². The van der Waals surface area contributed by atoms with Crippen molar-refractivity contribution in [2.45, 2.75) is 44.8 Å². The lowest BCUT2D eigenvalue weighted by Crippen LogP contribution is -2.40. The van der Waals surface area contributed by atoms with Gasteiger partial charge in [0.15, 0.2) is 0 Å². The molecule has 0 heterocycles. The summed E-state index contributed by atoms with van der Waals surface area (Å²) < 4.78 is 5.37. The maximum absolute atomic E-state index is 6.05. The first-order valence-corrected chi connectivity index (χ1v) is 6.33. The smallest absolute Gasteiger partial charge is 0.123 e. The van der Waals surface area contributed by atoms with Crippen molar-refractivity contribution >= 4 is 0 Å². The highest BCUT2D eigenvalue weighted by Crippen LogP contribution is 2.21. The largest absolute Gasteiger partial charge is 0.496 e. The lowest BCUT2D eigenvalue weighted by atomic mass is 10.1. The number of nitrogens with one attached hydrogen (secondary N) is 1. The molecule has 94 valence electrons. The van der Waals surface area contributed by atoms with Crippen LogP contribution >= 0.6 is 0 Å². The van der Waals surface area contributed by atoms with E-state index in [4.69, 9.17) is 10.5 Å². The van der Waals surface area contributed by atoms with Crippen LogP contribution in [0, 0.1) is 6.92 Å². The van der Waals surface area contributed by atoms with Crippen LogP contribution in [0.25, 0.3) is 0 Å². The van der Waals surface area contributed by atoms with Crippen LogP contribution in [0.1, 0.15) is 30.4 Å². The molecule has 0 aromatic heterocycles. The highest BCUT2D eigenvalue weighted by atomic mass is 16.5. The topological polar surface area (TPSA) is 47.3 Å². The molecule has 3 nitrogen and oxygen atoms in total. The Labute approximate surface area is 103 Å². The quantitative estimate of drug-likeness (QED) is 0.837. The monoisotopic (exact) mass is 234 g/mol. The molecule has 1 aromatic carbocycles. The Bertz CT molecular complexity index is 378. The lowest BCUT2D eigenvalue weighted by molar-refractivity contribution is 0.402. The summed E-state index contributed by atoms with van der Waals surface area (Å²) in [6.45, 7) is 2.94. The fraction of sp³-hybridized carbons (Fsp3) is 0.571. The maximum Gasteiger partial charge on any atom is 0.123 e. The van der Waals surface area contributed by atoms with E-state index in [1.807, 2.05) is 6.07 Å². The Balaban J connectivity index is 2.00. The second kappa shape index (κ2) is 5.52. The van der Waals surface area contributed by atoms with Crippen LogP contribution in [0.15, 0.2) is 18.2 Å². The molecule has 2 rings (SSSR count). The van der Waals surface area contributed by atoms with Crippen molar-refractivity contribution in [2.24, 2.45) is 5.73 Å². The fourth-order valence-electron chi connectivity index (χ4n) is 2.53. The SMILES string of the molecule is COc1ccc(C)cc1CNC1CCCC1N. The van der Waals surface area contributed by atoms with Gasteiger partial charge in [-0.1, -0.05) is 24.1 Å². The maximum atomic E-state index is 6.05. The van der Waals surface area contributed by atoms with E-state index in [0.717, 1.165) is 18.7 Å². The molecule has 2 unspecified atom stereocenters. The van der Waals surface area contributed by atoms with Gasteiger partial charge in [-0.15, -0.1) is 0 Å². The standard InChI is InChI=1S/C14H22N2O/c1-10-6-7-14(17-2)11(8-10)9-16-13-5-3-4-12(13)15/h6-8,12-13,16H,3-5,9,15H2,1-2H3. The minimum Gasteiger partial charge on any atom is -0.496 e. The number of benzene rings is 1. The highest BCUT2D eigenvalue weighted by molar-refractivity contribution is 5.36.